The van der Waals surface area contributed by atoms with E-state index >= 15 is 0 Å². The molecule has 0 saturated carbocycles. The fraction of sp³-hybridized carbons (Fsp3) is 0.208. The van der Waals surface area contributed by atoms with Crippen molar-refractivity contribution in [3.63, 3.8) is 0 Å². The number of ether oxygens (including phenoxy) is 1. The first kappa shape index (κ1) is 23.6. The predicted molar refractivity (Wildman–Crippen MR) is 127 cm³/mol. The molecule has 0 aliphatic carbocycles. The molecule has 0 unspecified atom stereocenters. The summed E-state index contributed by atoms with van der Waals surface area (Å²) in [6, 6.07) is 20.0. The van der Waals surface area contributed by atoms with E-state index in [1.54, 1.807) is 62.6 Å². The highest BCUT2D eigenvalue weighted by Crippen LogP contribution is 2.30. The van der Waals surface area contributed by atoms with Crippen LogP contribution in [0.3, 0.4) is 0 Å². The van der Waals surface area contributed by atoms with E-state index in [0.717, 1.165) is 9.87 Å². The Labute approximate surface area is 193 Å². The van der Waals surface area contributed by atoms with Gasteiger partial charge in [0, 0.05) is 5.02 Å². The van der Waals surface area contributed by atoms with Crippen LogP contribution >= 0.6 is 11.6 Å². The number of nitrogens with zero attached hydrogens (tertiary/aromatic N) is 1. The number of hydrogen-bond acceptors (Lipinski definition) is 4. The summed E-state index contributed by atoms with van der Waals surface area (Å²) in [4.78, 5) is 13.0. The first-order chi connectivity index (χ1) is 15.2. The Hall–Kier alpha value is -3.03. The van der Waals surface area contributed by atoms with E-state index in [0.29, 0.717) is 22.0 Å². The molecule has 0 spiro atoms. The fourth-order valence-electron chi connectivity index (χ4n) is 3.28. The molecule has 3 rings (SSSR count). The number of hydrogen-bond donors (Lipinski definition) is 1. The van der Waals surface area contributed by atoms with Gasteiger partial charge in [-0.1, -0.05) is 48.0 Å². The third kappa shape index (κ3) is 5.23. The Balaban J connectivity index is 1.90. The van der Waals surface area contributed by atoms with Gasteiger partial charge < -0.3 is 10.1 Å². The normalized spacial score (nSPS) is 12.1. The SMILES string of the molecule is COc1ccc([C@@H](C)NC(=O)CN(c2cccc(Cl)c2C)S(=O)(=O)c2ccccc2)cc1. The fourth-order valence-corrected chi connectivity index (χ4v) is 4.95. The first-order valence-electron chi connectivity index (χ1n) is 10.00. The van der Waals surface area contributed by atoms with E-state index in [2.05, 4.69) is 5.32 Å². The number of benzene rings is 3. The summed E-state index contributed by atoms with van der Waals surface area (Å²) in [6.45, 7) is 3.17. The molecule has 0 aromatic heterocycles. The van der Waals surface area contributed by atoms with Crippen molar-refractivity contribution in [2.75, 3.05) is 18.0 Å². The molecule has 0 radical (unpaired) electrons. The molecule has 0 aliphatic rings. The highest BCUT2D eigenvalue weighted by atomic mass is 35.5. The van der Waals surface area contributed by atoms with Crippen molar-refractivity contribution in [1.82, 2.24) is 5.32 Å². The van der Waals surface area contributed by atoms with E-state index in [1.807, 2.05) is 19.1 Å². The van der Waals surface area contributed by atoms with Gasteiger partial charge >= 0.3 is 0 Å². The molecule has 3 aromatic carbocycles. The van der Waals surface area contributed by atoms with Gasteiger partial charge in [0.2, 0.25) is 5.91 Å². The van der Waals surface area contributed by atoms with Crippen LogP contribution in [0.25, 0.3) is 0 Å². The van der Waals surface area contributed by atoms with Gasteiger partial charge in [-0.15, -0.1) is 0 Å². The molecule has 0 bridgehead atoms. The van der Waals surface area contributed by atoms with Gasteiger partial charge in [0.15, 0.2) is 0 Å². The van der Waals surface area contributed by atoms with E-state index in [9.17, 15) is 13.2 Å². The zero-order valence-electron chi connectivity index (χ0n) is 18.1. The zero-order chi connectivity index (χ0) is 23.3. The number of carbonyl (C=O) groups excluding carboxylic acids is 1. The summed E-state index contributed by atoms with van der Waals surface area (Å²) in [5.74, 6) is 0.274. The minimum atomic E-state index is -4.00. The van der Waals surface area contributed by atoms with Gasteiger partial charge in [-0.05, 0) is 61.4 Å². The average Bonchev–Trinajstić information content (AvgIpc) is 2.80. The quantitative estimate of drug-likeness (QED) is 0.514. The van der Waals surface area contributed by atoms with Gasteiger partial charge in [0.25, 0.3) is 10.0 Å². The molecule has 0 aliphatic heterocycles. The van der Waals surface area contributed by atoms with Gasteiger partial charge in [0.05, 0.1) is 23.7 Å². The lowest BCUT2D eigenvalue weighted by molar-refractivity contribution is -0.120. The monoisotopic (exact) mass is 472 g/mol. The largest absolute Gasteiger partial charge is 0.497 e. The molecule has 0 heterocycles. The summed E-state index contributed by atoms with van der Waals surface area (Å²) in [7, 11) is -2.42. The summed E-state index contributed by atoms with van der Waals surface area (Å²) in [5.41, 5.74) is 1.80. The maximum absolute atomic E-state index is 13.4. The van der Waals surface area contributed by atoms with Gasteiger partial charge in [-0.25, -0.2) is 8.42 Å². The second-order valence-corrected chi connectivity index (χ2v) is 9.54. The Morgan fingerprint density at radius 3 is 2.31 bits per heavy atom. The number of amides is 1. The van der Waals surface area contributed by atoms with Crippen LogP contribution < -0.4 is 14.4 Å². The zero-order valence-corrected chi connectivity index (χ0v) is 19.7. The topological polar surface area (TPSA) is 75.7 Å². The molecular weight excluding hydrogens is 448 g/mol. The van der Waals surface area contributed by atoms with Crippen LogP contribution in [-0.4, -0.2) is 28.0 Å². The molecule has 3 aromatic rings. The minimum absolute atomic E-state index is 0.0929. The number of halogens is 1. The maximum atomic E-state index is 13.4. The van der Waals surface area contributed by atoms with Crippen LogP contribution in [0.4, 0.5) is 5.69 Å². The van der Waals surface area contributed by atoms with Crippen molar-refractivity contribution >= 4 is 33.2 Å². The van der Waals surface area contributed by atoms with E-state index in [4.69, 9.17) is 16.3 Å². The number of sulfonamides is 1. The van der Waals surface area contributed by atoms with Crippen LogP contribution in [-0.2, 0) is 14.8 Å². The Kier molecular flexibility index (Phi) is 7.43. The van der Waals surface area contributed by atoms with Crippen molar-refractivity contribution in [1.29, 1.82) is 0 Å². The molecule has 8 heteroatoms. The predicted octanol–water partition coefficient (Wildman–Crippen LogP) is 4.73. The highest BCUT2D eigenvalue weighted by molar-refractivity contribution is 7.92. The Morgan fingerprint density at radius 2 is 1.69 bits per heavy atom. The van der Waals surface area contributed by atoms with Crippen molar-refractivity contribution in [2.45, 2.75) is 24.8 Å². The lowest BCUT2D eigenvalue weighted by Gasteiger charge is -2.26. The number of rotatable bonds is 8. The van der Waals surface area contributed by atoms with Crippen LogP contribution in [0, 0.1) is 6.92 Å². The third-order valence-electron chi connectivity index (χ3n) is 5.12. The molecule has 6 nitrogen and oxygen atoms in total. The van der Waals surface area contributed by atoms with Crippen LogP contribution in [0.15, 0.2) is 77.7 Å². The summed E-state index contributed by atoms with van der Waals surface area (Å²) in [6.07, 6.45) is 0. The number of anilines is 1. The van der Waals surface area contributed by atoms with Crippen molar-refractivity contribution in [3.05, 3.63) is 88.9 Å². The summed E-state index contributed by atoms with van der Waals surface area (Å²) >= 11 is 6.25. The van der Waals surface area contributed by atoms with Gasteiger partial charge in [-0.3, -0.25) is 9.10 Å². The second-order valence-electron chi connectivity index (χ2n) is 7.27. The van der Waals surface area contributed by atoms with Crippen molar-refractivity contribution in [3.8, 4) is 5.75 Å². The van der Waals surface area contributed by atoms with E-state index in [-0.39, 0.29) is 17.5 Å². The van der Waals surface area contributed by atoms with Crippen LogP contribution in [0.2, 0.25) is 5.02 Å². The van der Waals surface area contributed by atoms with E-state index < -0.39 is 15.9 Å². The number of nitrogens with one attached hydrogen (secondary N) is 1. The molecule has 0 fully saturated rings. The molecule has 1 atom stereocenters. The Morgan fingerprint density at radius 1 is 1.03 bits per heavy atom. The van der Waals surface area contributed by atoms with Crippen LogP contribution in [0.5, 0.6) is 5.75 Å². The molecule has 32 heavy (non-hydrogen) atoms. The highest BCUT2D eigenvalue weighted by Gasteiger charge is 2.29. The van der Waals surface area contributed by atoms with Gasteiger partial charge in [0.1, 0.15) is 12.3 Å². The van der Waals surface area contributed by atoms with Gasteiger partial charge in [-0.2, -0.15) is 0 Å². The lowest BCUT2D eigenvalue weighted by atomic mass is 10.1. The standard InChI is InChI=1S/C24H25ClN2O4S/c1-17-22(25)10-7-11-23(17)27(32(29,30)21-8-5-4-6-9-21)16-24(28)26-18(2)19-12-14-20(31-3)15-13-19/h4-15,18H,16H2,1-3H3,(H,26,28)/t18-/m1/s1. The average molecular weight is 473 g/mol. The molecule has 168 valence electrons. The summed E-state index contributed by atoms with van der Waals surface area (Å²) in [5, 5.41) is 3.29. The van der Waals surface area contributed by atoms with E-state index in [1.165, 1.54) is 12.1 Å². The number of methoxy groups -OCH3 is 1. The van der Waals surface area contributed by atoms with Crippen LogP contribution in [0.1, 0.15) is 24.1 Å². The molecule has 1 N–H and O–H groups in total. The Bertz CT molecular complexity index is 1180. The third-order valence-corrected chi connectivity index (χ3v) is 7.30. The number of carbonyl (C=O) groups is 1. The lowest BCUT2D eigenvalue weighted by Crippen LogP contribution is -2.42. The molecular formula is C24H25ClN2O4S. The van der Waals surface area contributed by atoms with Crippen molar-refractivity contribution in [2.24, 2.45) is 0 Å². The second kappa shape index (κ2) is 10.1. The maximum Gasteiger partial charge on any atom is 0.264 e. The summed E-state index contributed by atoms with van der Waals surface area (Å²) < 4.78 is 33.2. The molecule has 0 saturated heterocycles. The van der Waals surface area contributed by atoms with Crippen molar-refractivity contribution < 1.29 is 17.9 Å². The minimum Gasteiger partial charge on any atom is -0.497 e. The first-order valence-corrected chi connectivity index (χ1v) is 11.8. The molecule has 1 amide bonds. The smallest absolute Gasteiger partial charge is 0.264 e.